The van der Waals surface area contributed by atoms with Crippen LogP contribution in [0.2, 0.25) is 0 Å². The Kier molecular flexibility index (Phi) is 25.2. The van der Waals surface area contributed by atoms with Crippen molar-refractivity contribution in [3.63, 3.8) is 0 Å². The zero-order valence-corrected chi connectivity index (χ0v) is 8.34. The average molecular weight is 247 g/mol. The van der Waals surface area contributed by atoms with E-state index in [1.165, 1.54) is 0 Å². The van der Waals surface area contributed by atoms with Crippen LogP contribution in [0.4, 0.5) is 0 Å². The monoisotopic (exact) mass is 246 g/mol. The number of hydrogen-bond acceptors (Lipinski definition) is 0. The van der Waals surface area contributed by atoms with E-state index in [-0.39, 0.29) is 40.0 Å². The summed E-state index contributed by atoms with van der Waals surface area (Å²) in [5.41, 5.74) is 1.07. The number of hydrogen-bond donors (Lipinski definition) is 0. The molecule has 1 aromatic carbocycles. The van der Waals surface area contributed by atoms with Gasteiger partial charge < -0.3 is 19.6 Å². The average Bonchev–Trinajstić information content (AvgIpc) is 1.69. The zero-order valence-electron chi connectivity index (χ0n) is 6.79. The van der Waals surface area contributed by atoms with E-state index in [9.17, 15) is 0 Å². The van der Waals surface area contributed by atoms with Gasteiger partial charge in [0.05, 0.1) is 0 Å². The third kappa shape index (κ3) is 9.68. The minimum Gasteiger partial charge on any atom is -1.00 e. The van der Waals surface area contributed by atoms with E-state index in [2.05, 4.69) is 6.92 Å². The fourth-order valence-electron chi connectivity index (χ4n) is 0.478. The van der Waals surface area contributed by atoms with Crippen molar-refractivity contribution >= 4 is 0 Å². The Morgan fingerprint density at radius 3 is 1.45 bits per heavy atom. The molecule has 0 aliphatic heterocycles. The van der Waals surface area contributed by atoms with Crippen molar-refractivity contribution in [2.24, 2.45) is 0 Å². The van der Waals surface area contributed by atoms with Crippen LogP contribution in [0.3, 0.4) is 0 Å². The molecule has 0 N–H and O–H groups in total. The Balaban J connectivity index is -0.0000000612. The quantitative estimate of drug-likeness (QED) is 0.438. The fraction of sp³-hybridized carbons (Fsp3) is 0. The molecule has 0 saturated carbocycles. The maximum Gasteiger partial charge on any atom is 0 e. The van der Waals surface area contributed by atoms with Crippen molar-refractivity contribution in [2.75, 3.05) is 0 Å². The molecular weight excluding hydrogens is 234 g/mol. The van der Waals surface area contributed by atoms with Gasteiger partial charge in [0, 0.05) is 20.4 Å². The van der Waals surface area contributed by atoms with Gasteiger partial charge in [0.25, 0.3) is 0 Å². The predicted octanol–water partition coefficient (Wildman–Crippen LogP) is -0.229. The first-order chi connectivity index (χ1) is 3.39. The molecule has 1 rings (SSSR count). The summed E-state index contributed by atoms with van der Waals surface area (Å²) in [5.74, 6) is 0. The van der Waals surface area contributed by atoms with Gasteiger partial charge in [-0.25, -0.2) is 0 Å². The largest absolute Gasteiger partial charge is 1.00 e. The van der Waals surface area contributed by atoms with Gasteiger partial charge in [-0.2, -0.15) is 24.6 Å². The smallest absolute Gasteiger partial charge is 0 e. The van der Waals surface area contributed by atoms with Crippen molar-refractivity contribution in [1.29, 1.82) is 0 Å². The summed E-state index contributed by atoms with van der Waals surface area (Å²) in [5, 5.41) is 0. The second-order valence-corrected chi connectivity index (χ2v) is 1.49. The van der Waals surface area contributed by atoms with Crippen molar-refractivity contribution in [3.8, 4) is 0 Å². The van der Waals surface area contributed by atoms with Crippen LogP contribution in [0, 0.1) is 21.8 Å². The summed E-state index contributed by atoms with van der Waals surface area (Å²) >= 11 is 0. The molecule has 0 fully saturated rings. The van der Waals surface area contributed by atoms with Crippen molar-refractivity contribution in [2.45, 2.75) is 0 Å². The Bertz CT molecular complexity index is 139. The molecule has 0 bridgehead atoms. The first-order valence-electron chi connectivity index (χ1n) is 2.26. The van der Waals surface area contributed by atoms with Crippen LogP contribution in [-0.4, -0.2) is 0 Å². The van der Waals surface area contributed by atoms with Crippen LogP contribution in [0.1, 0.15) is 5.56 Å². The predicted molar refractivity (Wildman–Crippen MR) is 43.7 cm³/mol. The first-order valence-corrected chi connectivity index (χ1v) is 2.26. The Labute approximate surface area is 83.0 Å². The zero-order chi connectivity index (χ0) is 5.11. The second kappa shape index (κ2) is 12.4. The summed E-state index contributed by atoms with van der Waals surface area (Å²) in [4.78, 5) is 0. The summed E-state index contributed by atoms with van der Waals surface area (Å²) < 4.78 is 0. The molecule has 0 radical (unpaired) electrons. The van der Waals surface area contributed by atoms with E-state index in [1.807, 2.05) is 30.3 Å². The molecule has 11 heavy (non-hydrogen) atoms. The Morgan fingerprint density at radius 2 is 1.27 bits per heavy atom. The molecule has 0 saturated heterocycles. The molecule has 1 aromatic rings. The van der Waals surface area contributed by atoms with Crippen LogP contribution in [0.15, 0.2) is 30.3 Å². The molecular formula is C9H13FPd-4. The third-order valence-electron chi connectivity index (χ3n) is 0.843. The molecule has 0 heterocycles. The molecule has 0 aliphatic carbocycles. The SMILES string of the molecule is [CH2-]c1ccccc1.[CH3-].[CH3-].[F-].[Pd]. The van der Waals surface area contributed by atoms with Crippen LogP contribution in [0.25, 0.3) is 0 Å². The summed E-state index contributed by atoms with van der Waals surface area (Å²) in [6.07, 6.45) is 0. The van der Waals surface area contributed by atoms with Gasteiger partial charge in [-0.1, -0.05) is 6.07 Å². The number of benzene rings is 1. The maximum absolute atomic E-state index is 3.72. The van der Waals surface area contributed by atoms with Gasteiger partial charge in [0.15, 0.2) is 0 Å². The molecule has 0 spiro atoms. The van der Waals surface area contributed by atoms with Crippen molar-refractivity contribution in [3.05, 3.63) is 57.7 Å². The van der Waals surface area contributed by atoms with E-state index >= 15 is 0 Å². The van der Waals surface area contributed by atoms with Crippen LogP contribution in [0.5, 0.6) is 0 Å². The van der Waals surface area contributed by atoms with Gasteiger partial charge in [-0.05, 0) is 0 Å². The second-order valence-electron chi connectivity index (χ2n) is 1.49. The minimum atomic E-state index is 0. The standard InChI is InChI=1S/C7H7.2CH3.FH.Pd/c1-7-5-3-2-4-6-7;;;;/h2-6H,1H2;2*1H3;1H;/q3*-1;;/p-1. The van der Waals surface area contributed by atoms with Crippen molar-refractivity contribution < 1.29 is 25.1 Å². The summed E-state index contributed by atoms with van der Waals surface area (Å²) in [7, 11) is 0. The van der Waals surface area contributed by atoms with Crippen LogP contribution in [-0.2, 0) is 20.4 Å². The van der Waals surface area contributed by atoms with E-state index < -0.39 is 0 Å². The summed E-state index contributed by atoms with van der Waals surface area (Å²) in [6, 6.07) is 9.87. The van der Waals surface area contributed by atoms with E-state index in [4.69, 9.17) is 0 Å². The molecule has 2 heteroatoms. The molecule has 0 aromatic heterocycles. The van der Waals surface area contributed by atoms with E-state index in [0.29, 0.717) is 0 Å². The number of halogens is 1. The number of rotatable bonds is 0. The molecule has 0 atom stereocenters. The molecule has 0 amide bonds. The van der Waals surface area contributed by atoms with E-state index in [0.717, 1.165) is 5.56 Å². The minimum absolute atomic E-state index is 0. The van der Waals surface area contributed by atoms with Crippen molar-refractivity contribution in [1.82, 2.24) is 0 Å². The Hall–Kier alpha value is -0.318. The van der Waals surface area contributed by atoms with Crippen LogP contribution >= 0.6 is 0 Å². The molecule has 0 aliphatic rings. The van der Waals surface area contributed by atoms with Gasteiger partial charge in [0.1, 0.15) is 0 Å². The van der Waals surface area contributed by atoms with E-state index in [1.54, 1.807) is 0 Å². The third-order valence-corrected chi connectivity index (χ3v) is 0.843. The van der Waals surface area contributed by atoms with Gasteiger partial charge in [0.2, 0.25) is 0 Å². The fourth-order valence-corrected chi connectivity index (χ4v) is 0.478. The first kappa shape index (κ1) is 22.4. The molecule has 0 nitrogen and oxygen atoms in total. The molecule has 70 valence electrons. The van der Waals surface area contributed by atoms with Crippen LogP contribution < -0.4 is 4.70 Å². The van der Waals surface area contributed by atoms with Gasteiger partial charge in [-0.3, -0.25) is 0 Å². The van der Waals surface area contributed by atoms with Gasteiger partial charge in [-0.15, -0.1) is 12.1 Å². The summed E-state index contributed by atoms with van der Waals surface area (Å²) in [6.45, 7) is 3.72. The van der Waals surface area contributed by atoms with Gasteiger partial charge >= 0.3 is 0 Å². The Morgan fingerprint density at radius 1 is 0.909 bits per heavy atom. The normalized spacial score (nSPS) is 5.45. The maximum atomic E-state index is 3.72. The molecule has 0 unspecified atom stereocenters. The topological polar surface area (TPSA) is 0 Å².